The molecule has 0 aliphatic carbocycles. The summed E-state index contributed by atoms with van der Waals surface area (Å²) in [5.41, 5.74) is 3.82. The second-order valence-corrected chi connectivity index (χ2v) is 9.23. The number of pyridine rings is 1. The Kier molecular flexibility index (Phi) is 5.73. The zero-order valence-electron chi connectivity index (χ0n) is 20.4. The Balaban J connectivity index is 1.16. The minimum Gasteiger partial charge on any atom is -0.350 e. The smallest absolute Gasteiger partial charge is 0.251 e. The normalized spacial score (nSPS) is 11.3. The molecule has 0 atom stereocenters. The van der Waals surface area contributed by atoms with Crippen LogP contribution in [-0.2, 0) is 0 Å². The number of aryl methyl sites for hydroxylation is 1. The third-order valence-corrected chi connectivity index (χ3v) is 6.91. The van der Waals surface area contributed by atoms with Gasteiger partial charge in [-0.25, -0.2) is 0 Å². The number of carbonyl (C=O) groups is 2. The highest BCUT2D eigenvalue weighted by Gasteiger charge is 2.15. The second-order valence-electron chi connectivity index (χ2n) is 9.23. The molecule has 0 fully saturated rings. The van der Waals surface area contributed by atoms with E-state index in [-0.39, 0.29) is 11.8 Å². The molecule has 1 aromatic heterocycles. The number of nitrogens with zero attached hydrogens (tertiary/aromatic N) is 1. The lowest BCUT2D eigenvalue weighted by molar-refractivity contribution is 0.0928. The standard InChI is InChI=1S/C32H25N3O2/c1-20-8-9-24(28-7-2-3-16-33-28)19-27(20)32(37)35-18-17-34-31(36)26-15-13-23-11-10-21-5-4-6-22-12-14-25(26)30(23)29(21)22/h2-16,19H,17-18H2,1H3,(H,34,36)(H,35,37). The maximum absolute atomic E-state index is 13.1. The largest absolute Gasteiger partial charge is 0.350 e. The van der Waals surface area contributed by atoms with Gasteiger partial charge >= 0.3 is 0 Å². The van der Waals surface area contributed by atoms with Gasteiger partial charge in [0.25, 0.3) is 11.8 Å². The van der Waals surface area contributed by atoms with E-state index in [1.54, 1.807) is 6.20 Å². The third-order valence-electron chi connectivity index (χ3n) is 6.91. The first kappa shape index (κ1) is 22.7. The Morgan fingerprint density at radius 2 is 1.35 bits per heavy atom. The Morgan fingerprint density at radius 3 is 2.08 bits per heavy atom. The number of hydrogen-bond donors (Lipinski definition) is 2. The zero-order valence-corrected chi connectivity index (χ0v) is 20.4. The van der Waals surface area contributed by atoms with E-state index in [9.17, 15) is 9.59 Å². The van der Waals surface area contributed by atoms with Crippen molar-refractivity contribution in [2.45, 2.75) is 6.92 Å². The fraction of sp³-hybridized carbons (Fsp3) is 0.0938. The molecule has 37 heavy (non-hydrogen) atoms. The Labute approximate surface area is 214 Å². The highest BCUT2D eigenvalue weighted by atomic mass is 16.2. The molecule has 0 saturated carbocycles. The topological polar surface area (TPSA) is 71.1 Å². The van der Waals surface area contributed by atoms with E-state index in [1.807, 2.05) is 61.5 Å². The highest BCUT2D eigenvalue weighted by Crippen LogP contribution is 2.35. The van der Waals surface area contributed by atoms with Crippen LogP contribution in [0.3, 0.4) is 0 Å². The molecule has 1 heterocycles. The summed E-state index contributed by atoms with van der Waals surface area (Å²) in [5, 5.41) is 12.6. The minimum absolute atomic E-state index is 0.152. The number of hydrogen-bond acceptors (Lipinski definition) is 3. The van der Waals surface area contributed by atoms with Crippen molar-refractivity contribution in [1.82, 2.24) is 15.6 Å². The van der Waals surface area contributed by atoms with Crippen molar-refractivity contribution in [3.05, 3.63) is 114 Å². The van der Waals surface area contributed by atoms with E-state index in [4.69, 9.17) is 0 Å². The van der Waals surface area contributed by atoms with Gasteiger partial charge in [-0.05, 0) is 69.1 Å². The van der Waals surface area contributed by atoms with Gasteiger partial charge < -0.3 is 10.6 Å². The van der Waals surface area contributed by atoms with E-state index < -0.39 is 0 Å². The Bertz CT molecular complexity index is 1760. The van der Waals surface area contributed by atoms with Crippen LogP contribution in [0.4, 0.5) is 0 Å². The van der Waals surface area contributed by atoms with Crippen LogP contribution in [0, 0.1) is 6.92 Å². The zero-order chi connectivity index (χ0) is 25.4. The van der Waals surface area contributed by atoms with Gasteiger partial charge in [-0.15, -0.1) is 0 Å². The summed E-state index contributed by atoms with van der Waals surface area (Å²) >= 11 is 0. The number of aromatic nitrogens is 1. The fourth-order valence-electron chi connectivity index (χ4n) is 5.04. The van der Waals surface area contributed by atoms with Crippen molar-refractivity contribution in [2.24, 2.45) is 0 Å². The van der Waals surface area contributed by atoms with Crippen molar-refractivity contribution in [1.29, 1.82) is 0 Å². The number of rotatable bonds is 6. The summed E-state index contributed by atoms with van der Waals surface area (Å²) in [6.07, 6.45) is 1.73. The quantitative estimate of drug-likeness (QED) is 0.222. The predicted molar refractivity (Wildman–Crippen MR) is 149 cm³/mol. The maximum atomic E-state index is 13.1. The number of amides is 2. The molecule has 6 aromatic rings. The molecule has 6 rings (SSSR count). The number of carbonyl (C=O) groups excluding carboxylic acids is 2. The summed E-state index contributed by atoms with van der Waals surface area (Å²) in [7, 11) is 0. The summed E-state index contributed by atoms with van der Waals surface area (Å²) in [5.74, 6) is -0.326. The first-order valence-electron chi connectivity index (χ1n) is 12.3. The maximum Gasteiger partial charge on any atom is 0.251 e. The lowest BCUT2D eigenvalue weighted by atomic mass is 9.92. The van der Waals surface area contributed by atoms with Gasteiger partial charge in [-0.3, -0.25) is 14.6 Å². The van der Waals surface area contributed by atoms with Gasteiger partial charge in [0, 0.05) is 36.0 Å². The number of nitrogens with one attached hydrogen (secondary N) is 2. The van der Waals surface area contributed by atoms with Gasteiger partial charge in [-0.1, -0.05) is 66.7 Å². The molecule has 0 aliphatic rings. The SMILES string of the molecule is Cc1ccc(-c2ccccn2)cc1C(=O)NCCNC(=O)c1ccc2ccc3cccc4ccc1c2c34. The first-order chi connectivity index (χ1) is 18.1. The van der Waals surface area contributed by atoms with Gasteiger partial charge in [0.1, 0.15) is 0 Å². The fourth-order valence-corrected chi connectivity index (χ4v) is 5.04. The predicted octanol–water partition coefficient (Wildman–Crippen LogP) is 6.11. The van der Waals surface area contributed by atoms with Crippen LogP contribution in [0.1, 0.15) is 26.3 Å². The van der Waals surface area contributed by atoms with Crippen LogP contribution in [-0.4, -0.2) is 29.9 Å². The average molecular weight is 484 g/mol. The molecule has 0 saturated heterocycles. The molecule has 0 aliphatic heterocycles. The molecule has 2 amide bonds. The summed E-state index contributed by atoms with van der Waals surface area (Å²) in [6.45, 7) is 2.56. The van der Waals surface area contributed by atoms with Crippen LogP contribution >= 0.6 is 0 Å². The van der Waals surface area contributed by atoms with Crippen molar-refractivity contribution in [2.75, 3.05) is 13.1 Å². The molecular weight excluding hydrogens is 458 g/mol. The molecule has 0 radical (unpaired) electrons. The van der Waals surface area contributed by atoms with Gasteiger partial charge in [0.05, 0.1) is 5.69 Å². The molecule has 0 bridgehead atoms. The van der Waals surface area contributed by atoms with E-state index >= 15 is 0 Å². The number of benzene rings is 5. The summed E-state index contributed by atoms with van der Waals surface area (Å²) < 4.78 is 0. The van der Waals surface area contributed by atoms with Crippen LogP contribution in [0.5, 0.6) is 0 Å². The summed E-state index contributed by atoms with van der Waals surface area (Å²) in [4.78, 5) is 30.4. The van der Waals surface area contributed by atoms with E-state index in [0.717, 1.165) is 33.0 Å². The molecular formula is C32H25N3O2. The lowest BCUT2D eigenvalue weighted by Crippen LogP contribution is -2.35. The van der Waals surface area contributed by atoms with Crippen LogP contribution in [0.2, 0.25) is 0 Å². The summed E-state index contributed by atoms with van der Waals surface area (Å²) in [6, 6.07) is 29.9. The third kappa shape index (κ3) is 4.15. The molecule has 0 unspecified atom stereocenters. The molecule has 180 valence electrons. The van der Waals surface area contributed by atoms with Crippen molar-refractivity contribution < 1.29 is 9.59 Å². The lowest BCUT2D eigenvalue weighted by Gasteiger charge is -2.14. The average Bonchev–Trinajstić information content (AvgIpc) is 2.94. The van der Waals surface area contributed by atoms with Gasteiger partial charge in [0.2, 0.25) is 0 Å². The first-order valence-corrected chi connectivity index (χ1v) is 12.3. The van der Waals surface area contributed by atoms with E-state index in [1.165, 1.54) is 16.2 Å². The van der Waals surface area contributed by atoms with Gasteiger partial charge in [-0.2, -0.15) is 0 Å². The van der Waals surface area contributed by atoms with Crippen molar-refractivity contribution in [3.8, 4) is 11.3 Å². The van der Waals surface area contributed by atoms with Crippen molar-refractivity contribution in [3.63, 3.8) is 0 Å². The second kappa shape index (κ2) is 9.36. The van der Waals surface area contributed by atoms with E-state index in [2.05, 4.69) is 52.0 Å². The Morgan fingerprint density at radius 1 is 0.676 bits per heavy atom. The van der Waals surface area contributed by atoms with E-state index in [0.29, 0.717) is 24.2 Å². The van der Waals surface area contributed by atoms with Gasteiger partial charge in [0.15, 0.2) is 0 Å². The molecule has 5 aromatic carbocycles. The minimum atomic E-state index is -0.174. The monoisotopic (exact) mass is 483 g/mol. The van der Waals surface area contributed by atoms with Crippen LogP contribution < -0.4 is 10.6 Å². The molecule has 2 N–H and O–H groups in total. The Hall–Kier alpha value is -4.77. The van der Waals surface area contributed by atoms with Crippen LogP contribution in [0.15, 0.2) is 97.2 Å². The molecule has 5 nitrogen and oxygen atoms in total. The van der Waals surface area contributed by atoms with Crippen molar-refractivity contribution >= 4 is 44.1 Å². The van der Waals surface area contributed by atoms with Crippen LogP contribution in [0.25, 0.3) is 43.6 Å². The highest BCUT2D eigenvalue weighted by molar-refractivity contribution is 6.26. The molecule has 5 heteroatoms. The molecule has 0 spiro atoms.